The molecule has 7 nitrogen and oxygen atoms in total. The van der Waals surface area contributed by atoms with Crippen molar-refractivity contribution in [3.05, 3.63) is 29.8 Å². The molecule has 158 valence electrons. The fraction of sp³-hybridized carbons (Fsp3) is 0.526. The molecule has 1 aromatic carbocycles. The summed E-state index contributed by atoms with van der Waals surface area (Å²) < 4.78 is 46.7. The van der Waals surface area contributed by atoms with E-state index in [9.17, 15) is 27.6 Å². The summed E-state index contributed by atoms with van der Waals surface area (Å²) in [6.45, 7) is -0.0997. The van der Waals surface area contributed by atoms with Crippen LogP contribution in [-0.4, -0.2) is 48.2 Å². The van der Waals surface area contributed by atoms with Gasteiger partial charge in [-0.3, -0.25) is 19.8 Å². The molecule has 0 aromatic heterocycles. The number of imide groups is 1. The zero-order chi connectivity index (χ0) is 21.2. The van der Waals surface area contributed by atoms with Gasteiger partial charge in [0.2, 0.25) is 0 Å². The van der Waals surface area contributed by atoms with E-state index in [0.717, 1.165) is 32.1 Å². The van der Waals surface area contributed by atoms with Gasteiger partial charge in [0.1, 0.15) is 5.75 Å². The minimum Gasteiger partial charge on any atom is -0.497 e. The predicted octanol–water partition coefficient (Wildman–Crippen LogP) is 2.82. The summed E-state index contributed by atoms with van der Waals surface area (Å²) in [5, 5.41) is 3.38. The number of halogens is 3. The number of urea groups is 1. The molecule has 1 saturated heterocycles. The summed E-state index contributed by atoms with van der Waals surface area (Å²) in [5.74, 6) is -2.46. The standard InChI is InChI=1S/C19H22F3N3O4/c1-29-14-9-5-8-13(10-14)15(26)23-18(19(20,21)22)16(27)25(17(28)24-18)11-12-6-3-2-4-7-12/h5,8-10,12H,2-4,6-7,11H2,1H3,(H,23,26)(H,24,28). The molecule has 1 atom stereocenters. The van der Waals surface area contributed by atoms with Gasteiger partial charge >= 0.3 is 12.2 Å². The minimum absolute atomic E-state index is 0.0448. The van der Waals surface area contributed by atoms with Crippen molar-refractivity contribution in [2.75, 3.05) is 13.7 Å². The Bertz CT molecular complexity index is 808. The van der Waals surface area contributed by atoms with Crippen molar-refractivity contribution in [2.24, 2.45) is 5.92 Å². The maximum atomic E-state index is 13.9. The van der Waals surface area contributed by atoms with Crippen molar-refractivity contribution in [1.82, 2.24) is 15.5 Å². The molecule has 2 fully saturated rings. The molecule has 1 aromatic rings. The summed E-state index contributed by atoms with van der Waals surface area (Å²) in [6, 6.07) is 4.30. The minimum atomic E-state index is -5.23. The van der Waals surface area contributed by atoms with Crippen LogP contribution in [0.2, 0.25) is 0 Å². The van der Waals surface area contributed by atoms with Crippen molar-refractivity contribution >= 4 is 17.8 Å². The Labute approximate surface area is 165 Å². The quantitative estimate of drug-likeness (QED) is 0.727. The SMILES string of the molecule is COc1cccc(C(=O)NC2(C(F)(F)F)NC(=O)N(CC3CCCCC3)C2=O)c1. The van der Waals surface area contributed by atoms with E-state index in [0.29, 0.717) is 4.90 Å². The van der Waals surface area contributed by atoms with Gasteiger partial charge < -0.3 is 10.1 Å². The maximum Gasteiger partial charge on any atom is 0.440 e. The van der Waals surface area contributed by atoms with Crippen LogP contribution in [0.1, 0.15) is 42.5 Å². The second kappa shape index (κ2) is 7.92. The van der Waals surface area contributed by atoms with Gasteiger partial charge in [-0.15, -0.1) is 0 Å². The van der Waals surface area contributed by atoms with E-state index in [1.54, 1.807) is 10.6 Å². The highest BCUT2D eigenvalue weighted by atomic mass is 19.4. The number of rotatable bonds is 5. The van der Waals surface area contributed by atoms with Gasteiger partial charge in [-0.1, -0.05) is 25.3 Å². The molecule has 1 aliphatic heterocycles. The lowest BCUT2D eigenvalue weighted by molar-refractivity contribution is -0.200. The highest BCUT2D eigenvalue weighted by Crippen LogP contribution is 2.35. The largest absolute Gasteiger partial charge is 0.497 e. The predicted molar refractivity (Wildman–Crippen MR) is 96.1 cm³/mol. The number of carbonyl (C=O) groups excluding carboxylic acids is 3. The van der Waals surface area contributed by atoms with Crippen molar-refractivity contribution in [2.45, 2.75) is 43.9 Å². The summed E-state index contributed by atoms with van der Waals surface area (Å²) in [6.07, 6.45) is -0.898. The second-order valence-electron chi connectivity index (χ2n) is 7.28. The van der Waals surface area contributed by atoms with Crippen LogP contribution in [0.15, 0.2) is 24.3 Å². The van der Waals surface area contributed by atoms with E-state index in [4.69, 9.17) is 4.74 Å². The van der Waals surface area contributed by atoms with Gasteiger partial charge in [-0.05, 0) is 37.0 Å². The van der Waals surface area contributed by atoms with Gasteiger partial charge in [0.05, 0.1) is 7.11 Å². The van der Waals surface area contributed by atoms with Crippen LogP contribution in [0.3, 0.4) is 0 Å². The van der Waals surface area contributed by atoms with Crippen LogP contribution >= 0.6 is 0 Å². The lowest BCUT2D eigenvalue weighted by Gasteiger charge is -2.30. The Hall–Kier alpha value is -2.78. The van der Waals surface area contributed by atoms with Crippen LogP contribution in [-0.2, 0) is 4.79 Å². The number of hydrogen-bond donors (Lipinski definition) is 2. The van der Waals surface area contributed by atoms with Crippen LogP contribution in [0.25, 0.3) is 0 Å². The molecule has 1 aliphatic carbocycles. The van der Waals surface area contributed by atoms with Crippen LogP contribution < -0.4 is 15.4 Å². The van der Waals surface area contributed by atoms with Crippen LogP contribution in [0, 0.1) is 5.92 Å². The van der Waals surface area contributed by atoms with E-state index in [1.807, 2.05) is 0 Å². The van der Waals surface area contributed by atoms with Crippen LogP contribution in [0.4, 0.5) is 18.0 Å². The highest BCUT2D eigenvalue weighted by molar-refractivity contribution is 6.10. The molecule has 0 bridgehead atoms. The number of ether oxygens (including phenoxy) is 1. The fourth-order valence-corrected chi connectivity index (χ4v) is 3.72. The smallest absolute Gasteiger partial charge is 0.440 e. The zero-order valence-corrected chi connectivity index (χ0v) is 15.8. The normalized spacial score (nSPS) is 23.1. The number of amides is 4. The van der Waals surface area contributed by atoms with Crippen molar-refractivity contribution in [3.63, 3.8) is 0 Å². The third-order valence-electron chi connectivity index (χ3n) is 5.33. The topological polar surface area (TPSA) is 87.7 Å². The summed E-state index contributed by atoms with van der Waals surface area (Å²) in [4.78, 5) is 38.0. The Morgan fingerprint density at radius 3 is 2.59 bits per heavy atom. The summed E-state index contributed by atoms with van der Waals surface area (Å²) in [5.41, 5.74) is -3.64. The van der Waals surface area contributed by atoms with E-state index < -0.39 is 29.7 Å². The number of alkyl halides is 3. The number of nitrogens with one attached hydrogen (secondary N) is 2. The third-order valence-corrected chi connectivity index (χ3v) is 5.33. The van der Waals surface area contributed by atoms with Gasteiger partial charge in [0, 0.05) is 12.1 Å². The summed E-state index contributed by atoms with van der Waals surface area (Å²) >= 11 is 0. The highest BCUT2D eigenvalue weighted by Gasteiger charge is 2.68. The molecule has 10 heteroatoms. The molecular weight excluding hydrogens is 391 g/mol. The first-order valence-electron chi connectivity index (χ1n) is 9.35. The Kier molecular flexibility index (Phi) is 5.72. The van der Waals surface area contributed by atoms with Crippen molar-refractivity contribution in [3.8, 4) is 5.75 Å². The summed E-state index contributed by atoms with van der Waals surface area (Å²) in [7, 11) is 1.35. The first kappa shape index (κ1) is 20.9. The fourth-order valence-electron chi connectivity index (χ4n) is 3.72. The molecule has 0 radical (unpaired) electrons. The van der Waals surface area contributed by atoms with Crippen LogP contribution in [0.5, 0.6) is 5.75 Å². The number of carbonyl (C=O) groups is 3. The van der Waals surface area contributed by atoms with E-state index in [1.165, 1.54) is 31.4 Å². The molecule has 4 amide bonds. The lowest BCUT2D eigenvalue weighted by atomic mass is 9.89. The number of benzene rings is 1. The average molecular weight is 413 g/mol. The molecule has 1 saturated carbocycles. The molecule has 1 unspecified atom stereocenters. The Balaban J connectivity index is 1.85. The molecule has 2 N–H and O–H groups in total. The Morgan fingerprint density at radius 1 is 1.28 bits per heavy atom. The average Bonchev–Trinajstić information content (AvgIpc) is 2.93. The van der Waals surface area contributed by atoms with Gasteiger partial charge in [-0.25, -0.2) is 4.79 Å². The molecule has 2 aliphatic rings. The zero-order valence-electron chi connectivity index (χ0n) is 15.8. The molecule has 0 spiro atoms. The van der Waals surface area contributed by atoms with Gasteiger partial charge in [-0.2, -0.15) is 13.2 Å². The maximum absolute atomic E-state index is 13.9. The van der Waals surface area contributed by atoms with Crippen molar-refractivity contribution < 1.29 is 32.3 Å². The lowest BCUT2D eigenvalue weighted by Crippen LogP contribution is -2.69. The first-order chi connectivity index (χ1) is 13.7. The first-order valence-corrected chi connectivity index (χ1v) is 9.35. The molecule has 3 rings (SSSR count). The van der Waals surface area contributed by atoms with E-state index in [2.05, 4.69) is 0 Å². The molecule has 1 heterocycles. The van der Waals surface area contributed by atoms with E-state index in [-0.39, 0.29) is 23.8 Å². The number of hydrogen-bond acceptors (Lipinski definition) is 4. The molecule has 29 heavy (non-hydrogen) atoms. The third kappa shape index (κ3) is 4.01. The molecular formula is C19H22F3N3O4. The van der Waals surface area contributed by atoms with E-state index >= 15 is 0 Å². The number of nitrogens with zero attached hydrogens (tertiary/aromatic N) is 1. The van der Waals surface area contributed by atoms with Crippen molar-refractivity contribution in [1.29, 1.82) is 0 Å². The second-order valence-corrected chi connectivity index (χ2v) is 7.28. The Morgan fingerprint density at radius 2 is 1.97 bits per heavy atom. The number of methoxy groups -OCH3 is 1. The van der Waals surface area contributed by atoms with Gasteiger partial charge in [0.15, 0.2) is 0 Å². The van der Waals surface area contributed by atoms with Gasteiger partial charge in [0.25, 0.3) is 17.5 Å². The monoisotopic (exact) mass is 413 g/mol.